The number of benzene rings is 2. The van der Waals surface area contributed by atoms with Crippen LogP contribution < -0.4 is 15.4 Å². The maximum atomic E-state index is 12.6. The van der Waals surface area contributed by atoms with Gasteiger partial charge in [0.05, 0.1) is 18.4 Å². The SMILES string of the molecule is COc1ccccc1CNc1cncc(C(=O)Nc2cccc(C)c2C)c1. The average Bonchev–Trinajstić information content (AvgIpc) is 2.70. The number of pyridine rings is 1. The van der Waals surface area contributed by atoms with Gasteiger partial charge in [0.15, 0.2) is 0 Å². The molecule has 3 rings (SSSR count). The normalized spacial score (nSPS) is 10.3. The lowest BCUT2D eigenvalue weighted by atomic mass is 10.1. The Morgan fingerprint density at radius 3 is 2.70 bits per heavy atom. The molecule has 1 amide bonds. The van der Waals surface area contributed by atoms with E-state index in [1.54, 1.807) is 25.6 Å². The summed E-state index contributed by atoms with van der Waals surface area (Å²) in [6.07, 6.45) is 3.26. The molecule has 0 spiro atoms. The van der Waals surface area contributed by atoms with Crippen LogP contribution in [-0.4, -0.2) is 18.0 Å². The van der Waals surface area contributed by atoms with Crippen molar-refractivity contribution >= 4 is 17.3 Å². The van der Waals surface area contributed by atoms with Gasteiger partial charge in [0.25, 0.3) is 5.91 Å². The summed E-state index contributed by atoms with van der Waals surface area (Å²) in [7, 11) is 1.65. The largest absolute Gasteiger partial charge is 0.496 e. The minimum absolute atomic E-state index is 0.183. The van der Waals surface area contributed by atoms with Gasteiger partial charge in [0, 0.05) is 30.2 Å². The molecule has 1 heterocycles. The summed E-state index contributed by atoms with van der Waals surface area (Å²) in [5.41, 5.74) is 5.32. The summed E-state index contributed by atoms with van der Waals surface area (Å²) in [6, 6.07) is 15.5. The van der Waals surface area contributed by atoms with E-state index in [0.717, 1.165) is 33.8 Å². The van der Waals surface area contributed by atoms with Crippen molar-refractivity contribution in [2.75, 3.05) is 17.7 Å². The van der Waals surface area contributed by atoms with Gasteiger partial charge < -0.3 is 15.4 Å². The van der Waals surface area contributed by atoms with Crippen LogP contribution >= 0.6 is 0 Å². The standard InChI is InChI=1S/C22H23N3O2/c1-15-7-6-9-20(16(15)2)25-22(26)18-11-19(14-23-12-18)24-13-17-8-4-5-10-21(17)27-3/h4-12,14,24H,13H2,1-3H3,(H,25,26). The minimum Gasteiger partial charge on any atom is -0.496 e. The first-order valence-corrected chi connectivity index (χ1v) is 8.77. The third kappa shape index (κ3) is 4.44. The van der Waals surface area contributed by atoms with E-state index in [1.807, 2.05) is 56.3 Å². The van der Waals surface area contributed by atoms with E-state index in [0.29, 0.717) is 12.1 Å². The van der Waals surface area contributed by atoms with Gasteiger partial charge in [0.1, 0.15) is 5.75 Å². The summed E-state index contributed by atoms with van der Waals surface area (Å²) in [4.78, 5) is 16.8. The summed E-state index contributed by atoms with van der Waals surface area (Å²) >= 11 is 0. The van der Waals surface area contributed by atoms with Crippen LogP contribution in [0.2, 0.25) is 0 Å². The van der Waals surface area contributed by atoms with Crippen LogP contribution in [0.4, 0.5) is 11.4 Å². The molecule has 5 heteroatoms. The molecule has 1 aromatic heterocycles. The molecule has 0 atom stereocenters. The van der Waals surface area contributed by atoms with Gasteiger partial charge >= 0.3 is 0 Å². The summed E-state index contributed by atoms with van der Waals surface area (Å²) < 4.78 is 5.36. The van der Waals surface area contributed by atoms with Gasteiger partial charge in [-0.25, -0.2) is 0 Å². The van der Waals surface area contributed by atoms with Crippen LogP contribution in [0.1, 0.15) is 27.0 Å². The zero-order valence-electron chi connectivity index (χ0n) is 15.7. The van der Waals surface area contributed by atoms with Gasteiger partial charge in [-0.1, -0.05) is 30.3 Å². The van der Waals surface area contributed by atoms with Gasteiger partial charge in [-0.3, -0.25) is 9.78 Å². The van der Waals surface area contributed by atoms with Crippen LogP contribution in [-0.2, 0) is 6.54 Å². The van der Waals surface area contributed by atoms with Crippen LogP contribution in [0.25, 0.3) is 0 Å². The number of carbonyl (C=O) groups excluding carboxylic acids is 1. The van der Waals surface area contributed by atoms with Crippen molar-refractivity contribution in [2.24, 2.45) is 0 Å². The van der Waals surface area contributed by atoms with Crippen LogP contribution in [0, 0.1) is 13.8 Å². The van der Waals surface area contributed by atoms with Crippen molar-refractivity contribution in [1.29, 1.82) is 0 Å². The van der Waals surface area contributed by atoms with Crippen molar-refractivity contribution in [2.45, 2.75) is 20.4 Å². The average molecular weight is 361 g/mol. The number of nitrogens with one attached hydrogen (secondary N) is 2. The van der Waals surface area contributed by atoms with Crippen LogP contribution in [0.5, 0.6) is 5.75 Å². The Bertz CT molecular complexity index is 954. The highest BCUT2D eigenvalue weighted by Crippen LogP contribution is 2.21. The molecule has 0 aliphatic heterocycles. The molecular weight excluding hydrogens is 338 g/mol. The van der Waals surface area contributed by atoms with E-state index in [2.05, 4.69) is 15.6 Å². The summed E-state index contributed by atoms with van der Waals surface area (Å²) in [6.45, 7) is 4.59. The van der Waals surface area contributed by atoms with Gasteiger partial charge in [-0.2, -0.15) is 0 Å². The monoisotopic (exact) mass is 361 g/mol. The number of anilines is 2. The molecule has 0 radical (unpaired) electrons. The highest BCUT2D eigenvalue weighted by molar-refractivity contribution is 6.05. The summed E-state index contributed by atoms with van der Waals surface area (Å²) in [5.74, 6) is 0.638. The second-order valence-corrected chi connectivity index (χ2v) is 6.33. The van der Waals surface area contributed by atoms with Gasteiger partial charge in [0.2, 0.25) is 0 Å². The maximum absolute atomic E-state index is 12.6. The van der Waals surface area contributed by atoms with E-state index >= 15 is 0 Å². The fourth-order valence-electron chi connectivity index (χ4n) is 2.79. The first-order valence-electron chi connectivity index (χ1n) is 8.77. The summed E-state index contributed by atoms with van der Waals surface area (Å²) in [5, 5.41) is 6.25. The minimum atomic E-state index is -0.183. The molecule has 0 aliphatic carbocycles. The van der Waals surface area contributed by atoms with E-state index in [4.69, 9.17) is 4.74 Å². The van der Waals surface area contributed by atoms with E-state index < -0.39 is 0 Å². The number of hydrogen-bond acceptors (Lipinski definition) is 4. The first kappa shape index (κ1) is 18.5. The fraction of sp³-hybridized carbons (Fsp3) is 0.182. The Balaban J connectivity index is 1.71. The zero-order chi connectivity index (χ0) is 19.2. The lowest BCUT2D eigenvalue weighted by molar-refractivity contribution is 0.102. The number of carbonyl (C=O) groups is 1. The number of methoxy groups -OCH3 is 1. The predicted octanol–water partition coefficient (Wildman–Crippen LogP) is 4.57. The highest BCUT2D eigenvalue weighted by atomic mass is 16.5. The van der Waals surface area contributed by atoms with Gasteiger partial charge in [-0.05, 0) is 43.2 Å². The van der Waals surface area contributed by atoms with Crippen molar-refractivity contribution in [1.82, 2.24) is 4.98 Å². The first-order chi connectivity index (χ1) is 13.1. The number of aromatic nitrogens is 1. The molecule has 0 saturated carbocycles. The zero-order valence-corrected chi connectivity index (χ0v) is 15.7. The number of aryl methyl sites for hydroxylation is 1. The third-order valence-corrected chi connectivity index (χ3v) is 4.53. The Kier molecular flexibility index (Phi) is 5.71. The highest BCUT2D eigenvalue weighted by Gasteiger charge is 2.10. The molecule has 3 aromatic rings. The van der Waals surface area contributed by atoms with E-state index in [9.17, 15) is 4.79 Å². The number of ether oxygens (including phenoxy) is 1. The van der Waals surface area contributed by atoms with E-state index in [1.165, 1.54) is 0 Å². The molecule has 0 aliphatic rings. The quantitative estimate of drug-likeness (QED) is 0.675. The Morgan fingerprint density at radius 2 is 1.89 bits per heavy atom. The van der Waals surface area contributed by atoms with Crippen LogP contribution in [0.15, 0.2) is 60.9 Å². The fourth-order valence-corrected chi connectivity index (χ4v) is 2.79. The van der Waals surface area contributed by atoms with E-state index in [-0.39, 0.29) is 5.91 Å². The molecule has 0 saturated heterocycles. The second kappa shape index (κ2) is 8.36. The number of amides is 1. The molecule has 0 fully saturated rings. The third-order valence-electron chi connectivity index (χ3n) is 4.53. The van der Waals surface area contributed by atoms with Crippen LogP contribution in [0.3, 0.4) is 0 Å². The predicted molar refractivity (Wildman–Crippen MR) is 108 cm³/mol. The smallest absolute Gasteiger partial charge is 0.257 e. The maximum Gasteiger partial charge on any atom is 0.257 e. The molecule has 2 aromatic carbocycles. The van der Waals surface area contributed by atoms with Crippen molar-refractivity contribution in [3.8, 4) is 5.75 Å². The number of rotatable bonds is 6. The van der Waals surface area contributed by atoms with Crippen molar-refractivity contribution in [3.05, 3.63) is 83.2 Å². The molecule has 0 unspecified atom stereocenters. The number of hydrogen-bond donors (Lipinski definition) is 2. The van der Waals surface area contributed by atoms with Crippen molar-refractivity contribution < 1.29 is 9.53 Å². The van der Waals surface area contributed by atoms with Gasteiger partial charge in [-0.15, -0.1) is 0 Å². The lowest BCUT2D eigenvalue weighted by Crippen LogP contribution is -2.14. The Labute approximate surface area is 159 Å². The second-order valence-electron chi connectivity index (χ2n) is 6.33. The lowest BCUT2D eigenvalue weighted by Gasteiger charge is -2.12. The molecular formula is C22H23N3O2. The topological polar surface area (TPSA) is 63.2 Å². The number of nitrogens with zero attached hydrogens (tertiary/aromatic N) is 1. The molecule has 0 bridgehead atoms. The molecule has 2 N–H and O–H groups in total. The Morgan fingerprint density at radius 1 is 1.07 bits per heavy atom. The Hall–Kier alpha value is -3.34. The number of para-hydroxylation sites is 1. The van der Waals surface area contributed by atoms with Crippen molar-refractivity contribution in [3.63, 3.8) is 0 Å². The molecule has 5 nitrogen and oxygen atoms in total. The molecule has 27 heavy (non-hydrogen) atoms. The molecule has 138 valence electrons.